The van der Waals surface area contributed by atoms with E-state index in [0.29, 0.717) is 17.0 Å². The number of hydrogen-bond acceptors (Lipinski definition) is 3. The molecule has 0 aromatic carbocycles. The lowest BCUT2D eigenvalue weighted by molar-refractivity contribution is -0.116. The Morgan fingerprint density at radius 2 is 1.92 bits per heavy atom. The molecular weight excluding hydrogens is 316 g/mol. The molecule has 0 aliphatic carbocycles. The third-order valence-electron chi connectivity index (χ3n) is 3.94. The fraction of sp³-hybridized carbons (Fsp3) is 0.250. The molecule has 0 radical (unpaired) electrons. The van der Waals surface area contributed by atoms with E-state index in [1.165, 1.54) is 0 Å². The van der Waals surface area contributed by atoms with Gasteiger partial charge in [-0.05, 0) is 25.0 Å². The number of ketones is 2. The molecule has 25 heavy (non-hydrogen) atoms. The van der Waals surface area contributed by atoms with Crippen LogP contribution in [0.1, 0.15) is 38.5 Å². The summed E-state index contributed by atoms with van der Waals surface area (Å²) < 4.78 is 1.63. The number of allylic oxidation sites excluding steroid dienone is 4. The lowest BCUT2D eigenvalue weighted by Crippen LogP contribution is -2.31. The van der Waals surface area contributed by atoms with Crippen LogP contribution in [0.2, 0.25) is 0 Å². The van der Waals surface area contributed by atoms with E-state index in [9.17, 15) is 14.4 Å². The standard InChI is InChI=1S/C20H22N2O3/c1-7-10-15(9-3)12-16(23)18-13(4)17(14(5)22(18)6)19(24)20(25)21-11-8-2/h2,7,9-10H,1,3,11-12H2,4-6H3,(H,21,25)/b15-10+. The van der Waals surface area contributed by atoms with E-state index in [2.05, 4.69) is 24.4 Å². The summed E-state index contributed by atoms with van der Waals surface area (Å²) in [6, 6.07) is 0. The van der Waals surface area contributed by atoms with Crippen LogP contribution in [-0.2, 0) is 11.8 Å². The molecule has 5 nitrogen and oxygen atoms in total. The van der Waals surface area contributed by atoms with Crippen LogP contribution in [0.25, 0.3) is 0 Å². The predicted molar refractivity (Wildman–Crippen MR) is 98.5 cm³/mol. The Labute approximate surface area is 148 Å². The van der Waals surface area contributed by atoms with Crippen molar-refractivity contribution in [2.75, 3.05) is 6.54 Å². The first-order valence-electron chi connectivity index (χ1n) is 7.69. The number of aromatic nitrogens is 1. The molecule has 1 amide bonds. The average Bonchev–Trinajstić information content (AvgIpc) is 2.80. The molecule has 1 aromatic rings. The summed E-state index contributed by atoms with van der Waals surface area (Å²) in [7, 11) is 1.69. The van der Waals surface area contributed by atoms with Gasteiger partial charge in [0.05, 0.1) is 17.8 Å². The Morgan fingerprint density at radius 3 is 2.44 bits per heavy atom. The van der Waals surface area contributed by atoms with Crippen molar-refractivity contribution >= 4 is 17.5 Å². The Hall–Kier alpha value is -3.13. The maximum absolute atomic E-state index is 12.7. The Balaban J connectivity index is 3.28. The molecule has 1 N–H and O–H groups in total. The average molecular weight is 338 g/mol. The zero-order valence-electron chi connectivity index (χ0n) is 14.8. The summed E-state index contributed by atoms with van der Waals surface area (Å²) in [5.41, 5.74) is 2.37. The minimum Gasteiger partial charge on any atom is -0.345 e. The van der Waals surface area contributed by atoms with Crippen LogP contribution in [0.5, 0.6) is 0 Å². The zero-order valence-corrected chi connectivity index (χ0v) is 14.8. The molecule has 1 rings (SSSR count). The fourth-order valence-electron chi connectivity index (χ4n) is 2.65. The highest BCUT2D eigenvalue weighted by Crippen LogP contribution is 2.24. The van der Waals surface area contributed by atoms with Gasteiger partial charge in [0.25, 0.3) is 11.7 Å². The van der Waals surface area contributed by atoms with Gasteiger partial charge in [-0.2, -0.15) is 0 Å². The molecule has 5 heteroatoms. The monoisotopic (exact) mass is 338 g/mol. The van der Waals surface area contributed by atoms with Crippen LogP contribution < -0.4 is 5.32 Å². The quantitative estimate of drug-likeness (QED) is 0.343. The second-order valence-corrected chi connectivity index (χ2v) is 5.49. The third kappa shape index (κ3) is 4.24. The van der Waals surface area contributed by atoms with E-state index >= 15 is 0 Å². The summed E-state index contributed by atoms with van der Waals surface area (Å²) in [5, 5.41) is 2.35. The van der Waals surface area contributed by atoms with E-state index < -0.39 is 11.7 Å². The minimum absolute atomic E-state index is 0.0314. The molecule has 0 aliphatic rings. The second kappa shape index (κ2) is 8.65. The first kappa shape index (κ1) is 19.9. The third-order valence-corrected chi connectivity index (χ3v) is 3.94. The topological polar surface area (TPSA) is 68.2 Å². The molecule has 0 saturated heterocycles. The molecular formula is C20H22N2O3. The SMILES string of the molecule is C#CCNC(=O)C(=O)c1c(C)c(C(=O)C/C(C=C)=C/C=C)n(C)c1C. The highest BCUT2D eigenvalue weighted by Gasteiger charge is 2.28. The van der Waals surface area contributed by atoms with Gasteiger partial charge >= 0.3 is 0 Å². The maximum Gasteiger partial charge on any atom is 0.293 e. The summed E-state index contributed by atoms with van der Waals surface area (Å²) in [6.07, 6.45) is 10.1. The Morgan fingerprint density at radius 1 is 1.28 bits per heavy atom. The second-order valence-electron chi connectivity index (χ2n) is 5.49. The van der Waals surface area contributed by atoms with E-state index in [1.807, 2.05) is 0 Å². The van der Waals surface area contributed by atoms with Crippen molar-refractivity contribution in [3.05, 3.63) is 59.5 Å². The van der Waals surface area contributed by atoms with Crippen molar-refractivity contribution < 1.29 is 14.4 Å². The highest BCUT2D eigenvalue weighted by atomic mass is 16.2. The lowest BCUT2D eigenvalue weighted by atomic mass is 10.0. The summed E-state index contributed by atoms with van der Waals surface area (Å²) in [4.78, 5) is 37.0. The number of Topliss-reactive ketones (excluding diaryl/α,β-unsaturated/α-hetero) is 2. The van der Waals surface area contributed by atoms with Crippen LogP contribution in [0, 0.1) is 26.2 Å². The van der Waals surface area contributed by atoms with Gasteiger partial charge in [-0.25, -0.2) is 0 Å². The van der Waals surface area contributed by atoms with Crippen molar-refractivity contribution in [3.8, 4) is 12.3 Å². The van der Waals surface area contributed by atoms with Crippen LogP contribution in [0.15, 0.2) is 37.0 Å². The molecule has 0 atom stereocenters. The van der Waals surface area contributed by atoms with Crippen LogP contribution in [0.3, 0.4) is 0 Å². The summed E-state index contributed by atoms with van der Waals surface area (Å²) >= 11 is 0. The Kier molecular flexibility index (Phi) is 6.89. The van der Waals surface area contributed by atoms with E-state index in [-0.39, 0.29) is 24.3 Å². The normalized spacial score (nSPS) is 10.7. The van der Waals surface area contributed by atoms with E-state index in [1.54, 1.807) is 43.7 Å². The van der Waals surface area contributed by atoms with Crippen molar-refractivity contribution in [1.82, 2.24) is 9.88 Å². The van der Waals surface area contributed by atoms with Crippen LogP contribution in [0.4, 0.5) is 0 Å². The molecule has 1 heterocycles. The van der Waals surface area contributed by atoms with Gasteiger partial charge in [0.15, 0.2) is 5.78 Å². The van der Waals surface area contributed by atoms with Gasteiger partial charge in [-0.1, -0.05) is 37.3 Å². The van der Waals surface area contributed by atoms with E-state index in [4.69, 9.17) is 6.42 Å². The van der Waals surface area contributed by atoms with Gasteiger partial charge in [0.1, 0.15) is 0 Å². The molecule has 0 spiro atoms. The molecule has 0 aliphatic heterocycles. The molecule has 0 bridgehead atoms. The minimum atomic E-state index is -0.785. The number of terminal acetylenes is 1. The Bertz CT molecular complexity index is 817. The molecule has 1 aromatic heterocycles. The smallest absolute Gasteiger partial charge is 0.293 e. The number of carbonyl (C=O) groups excluding carboxylic acids is 3. The zero-order chi connectivity index (χ0) is 19.1. The van der Waals surface area contributed by atoms with Crippen molar-refractivity contribution in [1.29, 1.82) is 0 Å². The van der Waals surface area contributed by atoms with E-state index in [0.717, 1.165) is 5.57 Å². The van der Waals surface area contributed by atoms with Gasteiger partial charge in [-0.3, -0.25) is 14.4 Å². The van der Waals surface area contributed by atoms with Crippen LogP contribution >= 0.6 is 0 Å². The number of rotatable bonds is 8. The first-order chi connectivity index (χ1) is 11.8. The van der Waals surface area contributed by atoms with Gasteiger partial charge in [0.2, 0.25) is 0 Å². The summed E-state index contributed by atoms with van der Waals surface area (Å²) in [5.74, 6) is 0.586. The van der Waals surface area contributed by atoms with Crippen LogP contribution in [-0.4, -0.2) is 28.6 Å². The number of nitrogens with one attached hydrogen (secondary N) is 1. The first-order valence-corrected chi connectivity index (χ1v) is 7.69. The van der Waals surface area contributed by atoms with Gasteiger partial charge in [-0.15, -0.1) is 6.42 Å². The molecule has 0 unspecified atom stereocenters. The maximum atomic E-state index is 12.7. The number of amides is 1. The summed E-state index contributed by atoms with van der Waals surface area (Å²) in [6.45, 7) is 10.6. The number of hydrogen-bond donors (Lipinski definition) is 1. The molecule has 0 saturated carbocycles. The van der Waals surface area contributed by atoms with Gasteiger partial charge in [0, 0.05) is 19.2 Å². The van der Waals surface area contributed by atoms with Crippen molar-refractivity contribution in [3.63, 3.8) is 0 Å². The number of nitrogens with zero attached hydrogens (tertiary/aromatic N) is 1. The lowest BCUT2D eigenvalue weighted by Gasteiger charge is -2.06. The predicted octanol–water partition coefficient (Wildman–Crippen LogP) is 2.45. The largest absolute Gasteiger partial charge is 0.345 e. The molecule has 130 valence electrons. The van der Waals surface area contributed by atoms with Crippen molar-refractivity contribution in [2.24, 2.45) is 7.05 Å². The fourth-order valence-corrected chi connectivity index (χ4v) is 2.65. The highest BCUT2D eigenvalue weighted by molar-refractivity contribution is 6.43. The molecule has 0 fully saturated rings. The van der Waals surface area contributed by atoms with Crippen molar-refractivity contribution in [2.45, 2.75) is 20.3 Å². The van der Waals surface area contributed by atoms with Gasteiger partial charge < -0.3 is 9.88 Å². The number of carbonyl (C=O) groups is 3.